The van der Waals surface area contributed by atoms with Crippen LogP contribution < -0.4 is 4.90 Å². The molecule has 4 rings (SSSR count). The van der Waals surface area contributed by atoms with Crippen LogP contribution in [-0.2, 0) is 0 Å². The van der Waals surface area contributed by atoms with Gasteiger partial charge in [-0.1, -0.05) is 0 Å². The molecule has 1 amide bonds. The van der Waals surface area contributed by atoms with Crippen LogP contribution in [0.1, 0.15) is 10.4 Å². The largest absolute Gasteiger partial charge is 0.352 e. The van der Waals surface area contributed by atoms with E-state index in [1.54, 1.807) is 35.3 Å². The summed E-state index contributed by atoms with van der Waals surface area (Å²) >= 11 is 0. The molecule has 0 atom stereocenters. The van der Waals surface area contributed by atoms with Crippen LogP contribution in [0, 0.1) is 17.5 Å². The zero-order valence-corrected chi connectivity index (χ0v) is 14.6. The zero-order chi connectivity index (χ0) is 19.7. The van der Waals surface area contributed by atoms with E-state index in [4.69, 9.17) is 0 Å². The van der Waals surface area contributed by atoms with E-state index in [0.29, 0.717) is 37.8 Å². The van der Waals surface area contributed by atoms with Gasteiger partial charge < -0.3 is 9.80 Å². The van der Waals surface area contributed by atoms with Crippen molar-refractivity contribution in [3.8, 4) is 5.82 Å². The van der Waals surface area contributed by atoms with Crippen molar-refractivity contribution in [1.82, 2.24) is 24.9 Å². The van der Waals surface area contributed by atoms with Crippen molar-refractivity contribution >= 4 is 11.7 Å². The molecule has 1 aliphatic rings. The molecular weight excluding hydrogens is 373 g/mol. The van der Waals surface area contributed by atoms with Gasteiger partial charge in [-0.3, -0.25) is 4.79 Å². The van der Waals surface area contributed by atoms with Crippen molar-refractivity contribution in [3.63, 3.8) is 0 Å². The van der Waals surface area contributed by atoms with E-state index < -0.39 is 28.9 Å². The Bertz CT molecular complexity index is 985. The molecule has 1 fully saturated rings. The van der Waals surface area contributed by atoms with E-state index in [0.717, 1.165) is 12.1 Å². The fourth-order valence-electron chi connectivity index (χ4n) is 3.01. The molecular formula is C18H15F3N6O. The maximum absolute atomic E-state index is 13.9. The molecule has 0 saturated carbocycles. The summed E-state index contributed by atoms with van der Waals surface area (Å²) in [6, 6.07) is 7.07. The Kier molecular flexibility index (Phi) is 4.68. The molecule has 1 saturated heterocycles. The quantitative estimate of drug-likeness (QED) is 0.643. The Morgan fingerprint density at radius 3 is 2.25 bits per heavy atom. The third-order valence-electron chi connectivity index (χ3n) is 4.53. The van der Waals surface area contributed by atoms with Crippen LogP contribution >= 0.6 is 0 Å². The number of hydrogen-bond donors (Lipinski definition) is 0. The highest BCUT2D eigenvalue weighted by Gasteiger charge is 2.27. The SMILES string of the molecule is O=C(c1ccc(F)c(F)c1F)N1CCN(c2ccc(-n3cccn3)nn2)CC1. The van der Waals surface area contributed by atoms with Crippen molar-refractivity contribution in [2.24, 2.45) is 0 Å². The molecule has 1 aliphatic heterocycles. The molecule has 28 heavy (non-hydrogen) atoms. The molecule has 0 radical (unpaired) electrons. The molecule has 0 N–H and O–H groups in total. The zero-order valence-electron chi connectivity index (χ0n) is 14.6. The molecule has 3 aromatic rings. The molecule has 0 spiro atoms. The molecule has 7 nitrogen and oxygen atoms in total. The van der Waals surface area contributed by atoms with Crippen molar-refractivity contribution in [3.05, 3.63) is 65.7 Å². The molecule has 2 aromatic heterocycles. The molecule has 1 aromatic carbocycles. The molecule has 0 aliphatic carbocycles. The first-order chi connectivity index (χ1) is 13.5. The summed E-state index contributed by atoms with van der Waals surface area (Å²) in [6.07, 6.45) is 3.40. The van der Waals surface area contributed by atoms with Crippen molar-refractivity contribution in [2.75, 3.05) is 31.1 Å². The predicted octanol–water partition coefficient (Wildman–Crippen LogP) is 2.04. The van der Waals surface area contributed by atoms with E-state index in [-0.39, 0.29) is 0 Å². The summed E-state index contributed by atoms with van der Waals surface area (Å²) < 4.78 is 41.9. The van der Waals surface area contributed by atoms with Gasteiger partial charge in [-0.2, -0.15) is 5.10 Å². The summed E-state index contributed by atoms with van der Waals surface area (Å²) in [5.74, 6) is -3.88. The van der Waals surface area contributed by atoms with E-state index >= 15 is 0 Å². The number of carbonyl (C=O) groups excluding carboxylic acids is 1. The first-order valence-corrected chi connectivity index (χ1v) is 8.56. The van der Waals surface area contributed by atoms with Crippen LogP contribution in [0.25, 0.3) is 5.82 Å². The fourth-order valence-corrected chi connectivity index (χ4v) is 3.01. The molecule has 144 valence electrons. The highest BCUT2D eigenvalue weighted by Crippen LogP contribution is 2.19. The number of halogens is 3. The lowest BCUT2D eigenvalue weighted by atomic mass is 10.1. The lowest BCUT2D eigenvalue weighted by molar-refractivity contribution is 0.0740. The average molecular weight is 388 g/mol. The highest BCUT2D eigenvalue weighted by molar-refractivity contribution is 5.94. The normalized spacial score (nSPS) is 14.4. The Morgan fingerprint density at radius 1 is 0.893 bits per heavy atom. The van der Waals surface area contributed by atoms with Gasteiger partial charge in [0, 0.05) is 38.6 Å². The predicted molar refractivity (Wildman–Crippen MR) is 93.6 cm³/mol. The second kappa shape index (κ2) is 7.29. The number of benzene rings is 1. The van der Waals surface area contributed by atoms with E-state index in [2.05, 4.69) is 15.3 Å². The topological polar surface area (TPSA) is 67.2 Å². The van der Waals surface area contributed by atoms with E-state index in [1.807, 2.05) is 4.90 Å². The molecule has 0 unspecified atom stereocenters. The Hall–Kier alpha value is -3.43. The standard InChI is InChI=1S/C18H15F3N6O/c19-13-3-2-12(16(20)17(13)21)18(28)26-10-8-25(9-11-26)14-4-5-15(24-23-14)27-7-1-6-22-27/h1-7H,8-11H2. The Labute approximate surface area is 158 Å². The summed E-state index contributed by atoms with van der Waals surface area (Å²) in [4.78, 5) is 15.8. The number of nitrogens with zero attached hydrogens (tertiary/aromatic N) is 6. The first kappa shape index (κ1) is 18.0. The van der Waals surface area contributed by atoms with Gasteiger partial charge in [0.25, 0.3) is 5.91 Å². The van der Waals surface area contributed by atoms with Crippen molar-refractivity contribution < 1.29 is 18.0 Å². The van der Waals surface area contributed by atoms with Gasteiger partial charge in [0.05, 0.1) is 5.56 Å². The summed E-state index contributed by atoms with van der Waals surface area (Å²) in [5.41, 5.74) is -0.476. The van der Waals surface area contributed by atoms with Crippen LogP contribution in [0.2, 0.25) is 0 Å². The van der Waals surface area contributed by atoms with Gasteiger partial charge in [-0.25, -0.2) is 17.9 Å². The minimum atomic E-state index is -1.64. The smallest absolute Gasteiger partial charge is 0.257 e. The van der Waals surface area contributed by atoms with Gasteiger partial charge in [-0.15, -0.1) is 10.2 Å². The van der Waals surface area contributed by atoms with E-state index in [1.165, 1.54) is 4.90 Å². The molecule has 3 heterocycles. The van der Waals surface area contributed by atoms with Gasteiger partial charge in [0.2, 0.25) is 0 Å². The molecule has 10 heteroatoms. The third kappa shape index (κ3) is 3.28. The van der Waals surface area contributed by atoms with Gasteiger partial charge in [0.15, 0.2) is 29.1 Å². The maximum atomic E-state index is 13.9. The van der Waals surface area contributed by atoms with Crippen LogP contribution in [-0.4, -0.2) is 57.0 Å². The Balaban J connectivity index is 1.42. The fraction of sp³-hybridized carbons (Fsp3) is 0.222. The lowest BCUT2D eigenvalue weighted by Gasteiger charge is -2.35. The third-order valence-corrected chi connectivity index (χ3v) is 4.53. The van der Waals surface area contributed by atoms with Crippen LogP contribution in [0.15, 0.2) is 42.7 Å². The van der Waals surface area contributed by atoms with Gasteiger partial charge >= 0.3 is 0 Å². The summed E-state index contributed by atoms with van der Waals surface area (Å²) in [6.45, 7) is 1.49. The minimum absolute atomic E-state index is 0.292. The van der Waals surface area contributed by atoms with Crippen LogP contribution in [0.3, 0.4) is 0 Å². The lowest BCUT2D eigenvalue weighted by Crippen LogP contribution is -2.49. The summed E-state index contributed by atoms with van der Waals surface area (Å²) in [5, 5.41) is 12.4. The van der Waals surface area contributed by atoms with Crippen molar-refractivity contribution in [2.45, 2.75) is 0 Å². The number of amides is 1. The number of carbonyl (C=O) groups is 1. The minimum Gasteiger partial charge on any atom is -0.352 e. The number of rotatable bonds is 3. The number of hydrogen-bond acceptors (Lipinski definition) is 5. The second-order valence-electron chi connectivity index (χ2n) is 6.20. The van der Waals surface area contributed by atoms with Crippen molar-refractivity contribution in [1.29, 1.82) is 0 Å². The molecule has 0 bridgehead atoms. The number of anilines is 1. The highest BCUT2D eigenvalue weighted by atomic mass is 19.2. The van der Waals surface area contributed by atoms with Gasteiger partial charge in [-0.05, 0) is 30.3 Å². The Morgan fingerprint density at radius 2 is 1.61 bits per heavy atom. The van der Waals surface area contributed by atoms with Crippen LogP contribution in [0.4, 0.5) is 19.0 Å². The van der Waals surface area contributed by atoms with Crippen LogP contribution in [0.5, 0.6) is 0 Å². The van der Waals surface area contributed by atoms with E-state index in [9.17, 15) is 18.0 Å². The average Bonchev–Trinajstić information content (AvgIpc) is 3.27. The summed E-state index contributed by atoms with van der Waals surface area (Å²) in [7, 11) is 0. The second-order valence-corrected chi connectivity index (χ2v) is 6.20. The number of piperazine rings is 1. The maximum Gasteiger partial charge on any atom is 0.257 e. The number of aromatic nitrogens is 4. The monoisotopic (exact) mass is 388 g/mol. The first-order valence-electron chi connectivity index (χ1n) is 8.56. The van der Waals surface area contributed by atoms with Gasteiger partial charge in [0.1, 0.15) is 0 Å².